The lowest BCUT2D eigenvalue weighted by Gasteiger charge is -2.30. The molecule has 1 aromatic carbocycles. The van der Waals surface area contributed by atoms with E-state index < -0.39 is 9.84 Å². The summed E-state index contributed by atoms with van der Waals surface area (Å²) < 4.78 is 35.2. The van der Waals surface area contributed by atoms with Gasteiger partial charge in [0.15, 0.2) is 9.84 Å². The van der Waals surface area contributed by atoms with Crippen LogP contribution in [0.4, 0.5) is 0 Å². The van der Waals surface area contributed by atoms with Gasteiger partial charge in [-0.05, 0) is 37.5 Å². The monoisotopic (exact) mass is 407 g/mol. The molecule has 3 rings (SSSR count). The predicted octanol–water partition coefficient (Wildman–Crippen LogP) is 3.04. The molecule has 1 aromatic rings. The van der Waals surface area contributed by atoms with E-state index in [2.05, 4.69) is 4.90 Å². The largest absolute Gasteiger partial charge is 0.491 e. The zero-order valence-electron chi connectivity index (χ0n) is 14.0. The molecular formula is C17H23Cl2NO4S. The number of halogens is 2. The average molecular weight is 408 g/mol. The van der Waals surface area contributed by atoms with Crippen molar-refractivity contribution in [2.45, 2.75) is 31.4 Å². The topological polar surface area (TPSA) is 55.8 Å². The van der Waals surface area contributed by atoms with Crippen LogP contribution in [0.15, 0.2) is 18.2 Å². The van der Waals surface area contributed by atoms with E-state index in [0.29, 0.717) is 35.4 Å². The lowest BCUT2D eigenvalue weighted by atomic mass is 10.1. The molecule has 0 bridgehead atoms. The molecular weight excluding hydrogens is 385 g/mol. The van der Waals surface area contributed by atoms with E-state index in [4.69, 9.17) is 32.7 Å². The van der Waals surface area contributed by atoms with Gasteiger partial charge < -0.3 is 9.47 Å². The number of rotatable bonds is 7. The number of ether oxygens (including phenoxy) is 2. The molecule has 25 heavy (non-hydrogen) atoms. The first-order chi connectivity index (χ1) is 11.9. The number of nitrogens with zero attached hydrogens (tertiary/aromatic N) is 1. The van der Waals surface area contributed by atoms with Crippen molar-refractivity contribution in [3.63, 3.8) is 0 Å². The molecule has 0 radical (unpaired) electrons. The smallest absolute Gasteiger partial charge is 0.151 e. The van der Waals surface area contributed by atoms with Crippen LogP contribution in [0.3, 0.4) is 0 Å². The number of hydrogen-bond acceptors (Lipinski definition) is 5. The summed E-state index contributed by atoms with van der Waals surface area (Å²) in [7, 11) is -2.92. The van der Waals surface area contributed by atoms with Gasteiger partial charge in [-0.1, -0.05) is 23.2 Å². The SMILES string of the molecule is O=S1(=O)CCC(N(CCOc2ccc(Cl)cc2Cl)CC2CCCO2)C1. The molecule has 2 aliphatic heterocycles. The minimum atomic E-state index is -2.92. The molecule has 0 amide bonds. The second kappa shape index (κ2) is 8.44. The summed E-state index contributed by atoms with van der Waals surface area (Å²) in [5, 5.41) is 1.04. The summed E-state index contributed by atoms with van der Waals surface area (Å²) in [4.78, 5) is 2.20. The molecule has 0 spiro atoms. The minimum Gasteiger partial charge on any atom is -0.491 e. The third kappa shape index (κ3) is 5.47. The van der Waals surface area contributed by atoms with Gasteiger partial charge >= 0.3 is 0 Å². The van der Waals surface area contributed by atoms with Crippen molar-refractivity contribution in [1.29, 1.82) is 0 Å². The van der Waals surface area contributed by atoms with Gasteiger partial charge in [0.25, 0.3) is 0 Å². The van der Waals surface area contributed by atoms with Crippen LogP contribution in [0, 0.1) is 0 Å². The second-order valence-electron chi connectivity index (χ2n) is 6.61. The summed E-state index contributed by atoms with van der Waals surface area (Å²) in [6.07, 6.45) is 2.96. The third-order valence-corrected chi connectivity index (χ3v) is 7.00. The molecule has 0 N–H and O–H groups in total. The fourth-order valence-corrected chi connectivity index (χ4v) is 5.63. The van der Waals surface area contributed by atoms with Gasteiger partial charge in [-0.3, -0.25) is 4.90 Å². The summed E-state index contributed by atoms with van der Waals surface area (Å²) in [6, 6.07) is 5.16. The van der Waals surface area contributed by atoms with Crippen LogP contribution in [0.2, 0.25) is 10.0 Å². The number of benzene rings is 1. The predicted molar refractivity (Wildman–Crippen MR) is 99.6 cm³/mol. The Morgan fingerprint density at radius 3 is 2.76 bits per heavy atom. The van der Waals surface area contributed by atoms with E-state index in [9.17, 15) is 8.42 Å². The van der Waals surface area contributed by atoms with Crippen molar-refractivity contribution in [2.75, 3.05) is 37.8 Å². The van der Waals surface area contributed by atoms with E-state index in [1.54, 1.807) is 18.2 Å². The molecule has 2 fully saturated rings. The molecule has 2 heterocycles. The van der Waals surface area contributed by atoms with Crippen molar-refractivity contribution in [2.24, 2.45) is 0 Å². The van der Waals surface area contributed by atoms with Crippen LogP contribution < -0.4 is 4.74 Å². The quantitative estimate of drug-likeness (QED) is 0.694. The van der Waals surface area contributed by atoms with Crippen LogP contribution in [-0.4, -0.2) is 63.3 Å². The maximum absolute atomic E-state index is 11.8. The van der Waals surface area contributed by atoms with Gasteiger partial charge in [0.2, 0.25) is 0 Å². The van der Waals surface area contributed by atoms with Crippen LogP contribution >= 0.6 is 23.2 Å². The highest BCUT2D eigenvalue weighted by atomic mass is 35.5. The van der Waals surface area contributed by atoms with Crippen LogP contribution in [0.5, 0.6) is 5.75 Å². The van der Waals surface area contributed by atoms with Gasteiger partial charge in [-0.2, -0.15) is 0 Å². The molecule has 2 unspecified atom stereocenters. The molecule has 0 saturated carbocycles. The van der Waals surface area contributed by atoms with Gasteiger partial charge in [-0.15, -0.1) is 0 Å². The summed E-state index contributed by atoms with van der Waals surface area (Å²) >= 11 is 12.0. The van der Waals surface area contributed by atoms with Crippen molar-refractivity contribution in [1.82, 2.24) is 4.90 Å². The average Bonchev–Trinajstić information content (AvgIpc) is 3.17. The first-order valence-corrected chi connectivity index (χ1v) is 11.1. The Balaban J connectivity index is 1.58. The molecule has 5 nitrogen and oxygen atoms in total. The van der Waals surface area contributed by atoms with E-state index in [1.807, 2.05) is 0 Å². The second-order valence-corrected chi connectivity index (χ2v) is 9.68. The van der Waals surface area contributed by atoms with Crippen molar-refractivity contribution >= 4 is 33.0 Å². The lowest BCUT2D eigenvalue weighted by molar-refractivity contribution is 0.0548. The highest BCUT2D eigenvalue weighted by molar-refractivity contribution is 7.91. The number of sulfone groups is 1. The Bertz CT molecular complexity index is 692. The van der Waals surface area contributed by atoms with E-state index >= 15 is 0 Å². The van der Waals surface area contributed by atoms with Crippen molar-refractivity contribution in [3.8, 4) is 5.75 Å². The normalized spacial score (nSPS) is 25.6. The Hall–Kier alpha value is -0.530. The zero-order valence-corrected chi connectivity index (χ0v) is 16.3. The van der Waals surface area contributed by atoms with Crippen molar-refractivity contribution in [3.05, 3.63) is 28.2 Å². The van der Waals surface area contributed by atoms with Gasteiger partial charge in [0.05, 0.1) is 22.6 Å². The zero-order chi connectivity index (χ0) is 17.9. The van der Waals surface area contributed by atoms with E-state index in [0.717, 1.165) is 26.0 Å². The van der Waals surface area contributed by atoms with Crippen molar-refractivity contribution < 1.29 is 17.9 Å². The van der Waals surface area contributed by atoms with Gasteiger partial charge in [-0.25, -0.2) is 8.42 Å². The highest BCUT2D eigenvalue weighted by Crippen LogP contribution is 2.28. The highest BCUT2D eigenvalue weighted by Gasteiger charge is 2.33. The minimum absolute atomic E-state index is 0.0403. The molecule has 2 atom stereocenters. The Labute approximate surface area is 159 Å². The Kier molecular flexibility index (Phi) is 6.49. The molecule has 0 aliphatic carbocycles. The van der Waals surface area contributed by atoms with Crippen LogP contribution in [0.25, 0.3) is 0 Å². The standard InChI is InChI=1S/C17H23Cl2NO4S/c18-13-3-4-17(16(19)10-13)24-8-6-20(11-15-2-1-7-23-15)14-5-9-25(21,22)12-14/h3-4,10,14-15H,1-2,5-9,11-12H2. The fraction of sp³-hybridized carbons (Fsp3) is 0.647. The lowest BCUT2D eigenvalue weighted by Crippen LogP contribution is -2.43. The maximum Gasteiger partial charge on any atom is 0.151 e. The van der Waals surface area contributed by atoms with Crippen LogP contribution in [-0.2, 0) is 14.6 Å². The van der Waals surface area contributed by atoms with Gasteiger partial charge in [0, 0.05) is 30.8 Å². The number of hydrogen-bond donors (Lipinski definition) is 0. The molecule has 2 saturated heterocycles. The first-order valence-electron chi connectivity index (χ1n) is 8.57. The van der Waals surface area contributed by atoms with E-state index in [1.165, 1.54) is 0 Å². The molecule has 2 aliphatic rings. The van der Waals surface area contributed by atoms with E-state index in [-0.39, 0.29) is 23.7 Å². The van der Waals surface area contributed by atoms with Crippen LogP contribution in [0.1, 0.15) is 19.3 Å². The fourth-order valence-electron chi connectivity index (χ4n) is 3.40. The van der Waals surface area contributed by atoms with Gasteiger partial charge in [0.1, 0.15) is 12.4 Å². The third-order valence-electron chi connectivity index (χ3n) is 4.72. The molecule has 140 valence electrons. The summed E-state index contributed by atoms with van der Waals surface area (Å²) in [6.45, 7) is 2.61. The first kappa shape index (κ1) is 19.2. The molecule has 0 aromatic heterocycles. The summed E-state index contributed by atoms with van der Waals surface area (Å²) in [5.74, 6) is 1.08. The maximum atomic E-state index is 11.8. The Morgan fingerprint density at radius 2 is 2.12 bits per heavy atom. The summed E-state index contributed by atoms with van der Waals surface area (Å²) in [5.41, 5.74) is 0. The Morgan fingerprint density at radius 1 is 1.28 bits per heavy atom. The molecule has 8 heteroatoms.